The molecule has 0 bridgehead atoms. The number of benzene rings is 3. The zero-order valence-electron chi connectivity index (χ0n) is 18.5. The molecule has 3 aromatic carbocycles. The highest BCUT2D eigenvalue weighted by Crippen LogP contribution is 2.36. The Bertz CT molecular complexity index is 1290. The van der Waals surface area contributed by atoms with Crippen LogP contribution in [0.5, 0.6) is 0 Å². The number of sulfonamides is 1. The van der Waals surface area contributed by atoms with Gasteiger partial charge in [0.2, 0.25) is 0 Å². The maximum absolute atomic E-state index is 14.9. The van der Waals surface area contributed by atoms with Gasteiger partial charge in [-0.2, -0.15) is 0 Å². The van der Waals surface area contributed by atoms with Crippen LogP contribution in [-0.2, 0) is 21.4 Å². The lowest BCUT2D eigenvalue weighted by atomic mass is 10.0. The number of nitrogens with zero attached hydrogens (tertiary/aromatic N) is 2. The molecule has 0 aromatic heterocycles. The highest BCUT2D eigenvalue weighted by Gasteiger charge is 2.33. The van der Waals surface area contributed by atoms with Gasteiger partial charge in [0.25, 0.3) is 10.0 Å². The predicted octanol–water partition coefficient (Wildman–Crippen LogP) is 5.09. The van der Waals surface area contributed by atoms with E-state index in [-0.39, 0.29) is 18.0 Å². The van der Waals surface area contributed by atoms with E-state index in [1.54, 1.807) is 43.1 Å². The molecule has 1 N–H and O–H groups in total. The number of hydrogen-bond acceptors (Lipinski definition) is 4. The lowest BCUT2D eigenvalue weighted by Gasteiger charge is -2.32. The minimum absolute atomic E-state index is 0.145. The van der Waals surface area contributed by atoms with Gasteiger partial charge in [-0.05, 0) is 61.5 Å². The van der Waals surface area contributed by atoms with Gasteiger partial charge >= 0.3 is 5.97 Å². The third-order valence-corrected chi connectivity index (χ3v) is 7.37. The molecule has 0 aliphatic heterocycles. The molecule has 10 heteroatoms. The molecule has 0 fully saturated rings. The van der Waals surface area contributed by atoms with E-state index in [1.165, 1.54) is 24.3 Å². The van der Waals surface area contributed by atoms with E-state index in [1.807, 2.05) is 0 Å². The fourth-order valence-corrected chi connectivity index (χ4v) is 5.47. The number of rotatable bonds is 9. The van der Waals surface area contributed by atoms with Crippen molar-refractivity contribution in [3.05, 3.63) is 94.5 Å². The van der Waals surface area contributed by atoms with Gasteiger partial charge in [-0.15, -0.1) is 0 Å². The summed E-state index contributed by atoms with van der Waals surface area (Å²) in [6, 6.07) is 13.9. The van der Waals surface area contributed by atoms with Crippen molar-refractivity contribution in [2.24, 2.45) is 0 Å². The molecule has 0 aliphatic rings. The summed E-state index contributed by atoms with van der Waals surface area (Å²) in [5.74, 6) is -2.72. The molecule has 0 amide bonds. The number of carbonyl (C=O) groups is 1. The van der Waals surface area contributed by atoms with Crippen molar-refractivity contribution in [3.8, 4) is 0 Å². The highest BCUT2D eigenvalue weighted by molar-refractivity contribution is 7.92. The van der Waals surface area contributed by atoms with Gasteiger partial charge in [0, 0.05) is 17.6 Å². The lowest BCUT2D eigenvalue weighted by molar-refractivity contribution is -0.138. The van der Waals surface area contributed by atoms with Gasteiger partial charge in [0.15, 0.2) is 0 Å². The van der Waals surface area contributed by atoms with Gasteiger partial charge in [-0.25, -0.2) is 17.2 Å². The summed E-state index contributed by atoms with van der Waals surface area (Å²) < 4.78 is 57.3. The second kappa shape index (κ2) is 10.5. The average Bonchev–Trinajstić information content (AvgIpc) is 2.76. The van der Waals surface area contributed by atoms with Crippen LogP contribution in [0, 0.1) is 11.6 Å². The summed E-state index contributed by atoms with van der Waals surface area (Å²) in [5.41, 5.74) is 0.712. The SMILES string of the molecule is C[C@H](c1ccccc1CN(C)CC(=O)O)N(c1cc(F)ccc1F)S(=O)(=O)c1ccc(Cl)cc1. The van der Waals surface area contributed by atoms with Crippen molar-refractivity contribution in [2.75, 3.05) is 17.9 Å². The molecule has 6 nitrogen and oxygen atoms in total. The standard InChI is InChI=1S/C24H23ClF2N2O4S/c1-16(21-6-4-3-5-17(21)14-28(2)15-24(30)31)29(23-13-19(26)9-12-22(23)27)34(32,33)20-10-7-18(25)8-11-20/h3-13,16H,14-15H2,1-2H3,(H,30,31)/t16-/m1/s1. The Hall–Kier alpha value is -3.01. The van der Waals surface area contributed by atoms with Gasteiger partial charge in [0.1, 0.15) is 11.6 Å². The summed E-state index contributed by atoms with van der Waals surface area (Å²) in [7, 11) is -2.75. The maximum atomic E-state index is 14.9. The number of carboxylic acid groups (broad SMARTS) is 1. The molecular formula is C24H23ClF2N2O4S. The molecule has 0 saturated carbocycles. The van der Waals surface area contributed by atoms with Gasteiger partial charge in [0.05, 0.1) is 23.2 Å². The van der Waals surface area contributed by atoms with Crippen molar-refractivity contribution in [3.63, 3.8) is 0 Å². The Balaban J connectivity index is 2.16. The summed E-state index contributed by atoms with van der Waals surface area (Å²) in [4.78, 5) is 12.5. The van der Waals surface area contributed by atoms with E-state index in [9.17, 15) is 22.0 Å². The van der Waals surface area contributed by atoms with Crippen LogP contribution in [0.1, 0.15) is 24.1 Å². The summed E-state index contributed by atoms with van der Waals surface area (Å²) in [6.07, 6.45) is 0. The molecule has 0 radical (unpaired) electrons. The quantitative estimate of drug-likeness (QED) is 0.435. The molecule has 3 aromatic rings. The molecule has 1 atom stereocenters. The largest absolute Gasteiger partial charge is 0.480 e. The van der Waals surface area contributed by atoms with Crippen LogP contribution in [0.4, 0.5) is 14.5 Å². The fraction of sp³-hybridized carbons (Fsp3) is 0.208. The predicted molar refractivity (Wildman–Crippen MR) is 126 cm³/mol. The Labute approximate surface area is 202 Å². The first kappa shape index (κ1) is 25.6. The van der Waals surface area contributed by atoms with Crippen molar-refractivity contribution in [1.82, 2.24) is 4.90 Å². The van der Waals surface area contributed by atoms with E-state index >= 15 is 0 Å². The average molecular weight is 509 g/mol. The fourth-order valence-electron chi connectivity index (χ4n) is 3.71. The van der Waals surface area contributed by atoms with Gasteiger partial charge in [-0.3, -0.25) is 14.0 Å². The second-order valence-electron chi connectivity index (χ2n) is 7.79. The first-order valence-electron chi connectivity index (χ1n) is 10.2. The normalized spacial score (nSPS) is 12.5. The van der Waals surface area contributed by atoms with E-state index in [0.717, 1.165) is 22.5 Å². The van der Waals surface area contributed by atoms with Crippen molar-refractivity contribution >= 4 is 33.3 Å². The monoisotopic (exact) mass is 508 g/mol. The summed E-state index contributed by atoms with van der Waals surface area (Å²) in [6.45, 7) is 1.54. The van der Waals surface area contributed by atoms with E-state index in [4.69, 9.17) is 16.7 Å². The molecule has 3 rings (SSSR count). The van der Waals surface area contributed by atoms with Crippen LogP contribution in [0.3, 0.4) is 0 Å². The third kappa shape index (κ3) is 5.72. The van der Waals surface area contributed by atoms with Crippen LogP contribution in [-0.4, -0.2) is 38.0 Å². The van der Waals surface area contributed by atoms with E-state index < -0.39 is 39.4 Å². The minimum Gasteiger partial charge on any atom is -0.480 e. The van der Waals surface area contributed by atoms with Crippen molar-refractivity contribution < 1.29 is 27.1 Å². The summed E-state index contributed by atoms with van der Waals surface area (Å²) in [5, 5.41) is 9.39. The molecule has 0 saturated heterocycles. The van der Waals surface area contributed by atoms with Crippen LogP contribution in [0.2, 0.25) is 5.02 Å². The molecule has 34 heavy (non-hydrogen) atoms. The first-order chi connectivity index (χ1) is 16.0. The third-order valence-electron chi connectivity index (χ3n) is 5.22. The Morgan fingerprint density at radius 1 is 1.06 bits per heavy atom. The molecule has 0 spiro atoms. The van der Waals surface area contributed by atoms with Crippen LogP contribution >= 0.6 is 11.6 Å². The number of hydrogen-bond donors (Lipinski definition) is 1. The number of carboxylic acids is 1. The minimum atomic E-state index is -4.36. The van der Waals surface area contributed by atoms with Gasteiger partial charge < -0.3 is 5.11 Å². The second-order valence-corrected chi connectivity index (χ2v) is 10.0. The Morgan fingerprint density at radius 2 is 1.71 bits per heavy atom. The zero-order chi connectivity index (χ0) is 25.0. The topological polar surface area (TPSA) is 77.9 Å². The molecule has 0 unspecified atom stereocenters. The number of halogens is 3. The van der Waals surface area contributed by atoms with E-state index in [0.29, 0.717) is 16.1 Å². The smallest absolute Gasteiger partial charge is 0.317 e. The summed E-state index contributed by atoms with van der Waals surface area (Å²) >= 11 is 5.90. The van der Waals surface area contributed by atoms with Crippen LogP contribution < -0.4 is 4.31 Å². The molecule has 0 aliphatic carbocycles. The van der Waals surface area contributed by atoms with Crippen molar-refractivity contribution in [1.29, 1.82) is 0 Å². The van der Waals surface area contributed by atoms with E-state index in [2.05, 4.69) is 0 Å². The molecular weight excluding hydrogens is 486 g/mol. The first-order valence-corrected chi connectivity index (χ1v) is 12.1. The molecule has 0 heterocycles. The van der Waals surface area contributed by atoms with Gasteiger partial charge in [-0.1, -0.05) is 35.9 Å². The maximum Gasteiger partial charge on any atom is 0.317 e. The van der Waals surface area contributed by atoms with Crippen LogP contribution in [0.15, 0.2) is 71.6 Å². The number of likely N-dealkylation sites (N-methyl/N-ethyl adjacent to an activating group) is 1. The molecule has 180 valence electrons. The number of anilines is 1. The number of aliphatic carboxylic acids is 1. The Kier molecular flexibility index (Phi) is 7.91. The van der Waals surface area contributed by atoms with Crippen molar-refractivity contribution in [2.45, 2.75) is 24.4 Å². The lowest BCUT2D eigenvalue weighted by Crippen LogP contribution is -2.35. The Morgan fingerprint density at radius 3 is 2.35 bits per heavy atom. The van der Waals surface area contributed by atoms with Crippen LogP contribution in [0.25, 0.3) is 0 Å². The zero-order valence-corrected chi connectivity index (χ0v) is 20.0. The highest BCUT2D eigenvalue weighted by atomic mass is 35.5.